The van der Waals surface area contributed by atoms with Crippen LogP contribution in [-0.2, 0) is 6.61 Å². The van der Waals surface area contributed by atoms with Crippen LogP contribution in [0.15, 0.2) is 24.4 Å². The number of thiazole rings is 1. The number of hydrogen-bond acceptors (Lipinski definition) is 6. The predicted molar refractivity (Wildman–Crippen MR) is 83.3 cm³/mol. The fraction of sp³-hybridized carbons (Fsp3) is 0.308. The number of ether oxygens (including phenoxy) is 1. The summed E-state index contributed by atoms with van der Waals surface area (Å²) in [6.45, 7) is 3.21. The Hall–Kier alpha value is -1.86. The predicted octanol–water partition coefficient (Wildman–Crippen LogP) is 4.11. The second kappa shape index (κ2) is 7.24. The van der Waals surface area contributed by atoms with E-state index >= 15 is 0 Å². The molecular weight excluding hydrogens is 314 g/mol. The molecule has 0 spiro atoms. The van der Waals surface area contributed by atoms with E-state index in [1.807, 2.05) is 0 Å². The van der Waals surface area contributed by atoms with Crippen molar-refractivity contribution in [1.29, 1.82) is 0 Å². The summed E-state index contributed by atoms with van der Waals surface area (Å²) in [4.78, 5) is 15.4. The van der Waals surface area contributed by atoms with Crippen LogP contribution in [0.2, 0.25) is 5.02 Å². The minimum atomic E-state index is -0.483. The van der Waals surface area contributed by atoms with Gasteiger partial charge in [-0.15, -0.1) is 0 Å². The van der Waals surface area contributed by atoms with Crippen molar-refractivity contribution in [2.45, 2.75) is 20.0 Å². The average molecular weight is 328 g/mol. The zero-order valence-electron chi connectivity index (χ0n) is 11.3. The Bertz CT molecular complexity index is 633. The van der Waals surface area contributed by atoms with Crippen molar-refractivity contribution in [3.05, 3.63) is 44.4 Å². The third-order valence-electron chi connectivity index (χ3n) is 2.58. The van der Waals surface area contributed by atoms with Gasteiger partial charge in [0.25, 0.3) is 5.69 Å². The van der Waals surface area contributed by atoms with Crippen molar-refractivity contribution in [3.63, 3.8) is 0 Å². The van der Waals surface area contributed by atoms with Gasteiger partial charge in [-0.1, -0.05) is 29.9 Å². The molecule has 1 N–H and O–H groups in total. The van der Waals surface area contributed by atoms with Gasteiger partial charge in [-0.2, -0.15) is 0 Å². The molecule has 0 saturated carbocycles. The number of benzene rings is 1. The maximum atomic E-state index is 10.7. The number of anilines is 1. The number of rotatable bonds is 7. The first-order valence-corrected chi connectivity index (χ1v) is 7.55. The molecule has 0 aliphatic heterocycles. The van der Waals surface area contributed by atoms with Crippen molar-refractivity contribution >= 4 is 33.8 Å². The van der Waals surface area contributed by atoms with Gasteiger partial charge in [0.2, 0.25) is 0 Å². The number of nitrogens with zero attached hydrogens (tertiary/aromatic N) is 2. The lowest BCUT2D eigenvalue weighted by atomic mass is 10.3. The molecule has 2 aromatic rings. The molecule has 1 aromatic heterocycles. The largest absolute Gasteiger partial charge is 0.486 e. The quantitative estimate of drug-likeness (QED) is 0.611. The number of aromatic nitrogens is 1. The lowest BCUT2D eigenvalue weighted by Gasteiger charge is -2.06. The minimum absolute atomic E-state index is 0.0518. The van der Waals surface area contributed by atoms with Gasteiger partial charge in [-0.3, -0.25) is 10.1 Å². The van der Waals surface area contributed by atoms with Crippen LogP contribution in [0.4, 0.5) is 10.8 Å². The van der Waals surface area contributed by atoms with Crippen LogP contribution in [0.25, 0.3) is 0 Å². The van der Waals surface area contributed by atoms with E-state index in [1.54, 1.807) is 6.20 Å². The Morgan fingerprint density at radius 2 is 2.33 bits per heavy atom. The van der Waals surface area contributed by atoms with E-state index in [2.05, 4.69) is 17.2 Å². The topological polar surface area (TPSA) is 77.3 Å². The van der Waals surface area contributed by atoms with Gasteiger partial charge in [-0.05, 0) is 12.5 Å². The molecule has 6 nitrogen and oxygen atoms in total. The van der Waals surface area contributed by atoms with Crippen LogP contribution >= 0.6 is 22.9 Å². The van der Waals surface area contributed by atoms with Crippen LogP contribution in [0.5, 0.6) is 5.75 Å². The van der Waals surface area contributed by atoms with E-state index in [-0.39, 0.29) is 12.3 Å². The van der Waals surface area contributed by atoms with Crippen LogP contribution in [-0.4, -0.2) is 16.5 Å². The molecule has 0 saturated heterocycles. The highest BCUT2D eigenvalue weighted by molar-refractivity contribution is 7.15. The number of nitro benzene ring substituents is 1. The second-order valence-electron chi connectivity index (χ2n) is 4.22. The fourth-order valence-electron chi connectivity index (χ4n) is 1.55. The summed E-state index contributed by atoms with van der Waals surface area (Å²) < 4.78 is 5.54. The SMILES string of the molecule is CCCNc1ncc(COc2cc([N+](=O)[O-])ccc2Cl)s1. The lowest BCUT2D eigenvalue weighted by Crippen LogP contribution is -1.98. The van der Waals surface area contributed by atoms with Gasteiger partial charge >= 0.3 is 0 Å². The van der Waals surface area contributed by atoms with Crippen LogP contribution in [0.1, 0.15) is 18.2 Å². The number of non-ortho nitro benzene ring substituents is 1. The first-order valence-electron chi connectivity index (χ1n) is 6.35. The Morgan fingerprint density at radius 3 is 3.05 bits per heavy atom. The highest BCUT2D eigenvalue weighted by Gasteiger charge is 2.11. The highest BCUT2D eigenvalue weighted by Crippen LogP contribution is 2.30. The minimum Gasteiger partial charge on any atom is -0.486 e. The first kappa shape index (κ1) is 15.5. The Labute approximate surface area is 130 Å². The molecule has 0 aliphatic carbocycles. The smallest absolute Gasteiger partial charge is 0.273 e. The Balaban J connectivity index is 2.00. The summed E-state index contributed by atoms with van der Waals surface area (Å²) >= 11 is 7.45. The van der Waals surface area contributed by atoms with E-state index in [1.165, 1.54) is 29.5 Å². The summed E-state index contributed by atoms with van der Waals surface area (Å²) in [5, 5.41) is 15.1. The van der Waals surface area contributed by atoms with Gasteiger partial charge in [0.15, 0.2) is 5.13 Å². The van der Waals surface area contributed by atoms with Crippen LogP contribution < -0.4 is 10.1 Å². The molecule has 2 rings (SSSR count). The molecule has 21 heavy (non-hydrogen) atoms. The Morgan fingerprint density at radius 1 is 1.52 bits per heavy atom. The second-order valence-corrected chi connectivity index (χ2v) is 5.74. The van der Waals surface area contributed by atoms with E-state index < -0.39 is 4.92 Å². The monoisotopic (exact) mass is 327 g/mol. The molecule has 0 aliphatic rings. The molecule has 8 heteroatoms. The fourth-order valence-corrected chi connectivity index (χ4v) is 2.48. The van der Waals surface area contributed by atoms with Crippen LogP contribution in [0, 0.1) is 10.1 Å². The third-order valence-corrected chi connectivity index (χ3v) is 3.82. The van der Waals surface area contributed by atoms with E-state index in [0.717, 1.165) is 23.0 Å². The van der Waals surface area contributed by atoms with E-state index in [9.17, 15) is 10.1 Å². The maximum absolute atomic E-state index is 10.7. The molecule has 0 radical (unpaired) electrons. The summed E-state index contributed by atoms with van der Waals surface area (Å²) in [5.74, 6) is 0.294. The van der Waals surface area contributed by atoms with Crippen molar-refractivity contribution in [3.8, 4) is 5.75 Å². The van der Waals surface area contributed by atoms with E-state index in [4.69, 9.17) is 16.3 Å². The molecule has 1 aromatic carbocycles. The van der Waals surface area contributed by atoms with Gasteiger partial charge in [0.05, 0.1) is 20.9 Å². The van der Waals surface area contributed by atoms with Gasteiger partial charge in [0, 0.05) is 18.8 Å². The van der Waals surface area contributed by atoms with Crippen molar-refractivity contribution in [2.24, 2.45) is 0 Å². The molecule has 112 valence electrons. The summed E-state index contributed by atoms with van der Waals surface area (Å²) in [6.07, 6.45) is 2.74. The Kier molecular flexibility index (Phi) is 5.35. The first-order chi connectivity index (χ1) is 10.1. The average Bonchev–Trinajstić information content (AvgIpc) is 2.92. The number of halogens is 1. The number of nitro groups is 1. The number of hydrogen-bond donors (Lipinski definition) is 1. The standard InChI is InChI=1S/C13H14ClN3O3S/c1-2-5-15-13-16-7-10(21-13)8-20-12-6-9(17(18)19)3-4-11(12)14/h3-4,6-7H,2,5,8H2,1H3,(H,15,16). The third kappa shape index (κ3) is 4.30. The lowest BCUT2D eigenvalue weighted by molar-refractivity contribution is -0.384. The molecule has 0 atom stereocenters. The van der Waals surface area contributed by atoms with Gasteiger partial charge in [0.1, 0.15) is 12.4 Å². The zero-order valence-corrected chi connectivity index (χ0v) is 12.9. The molecule has 1 heterocycles. The van der Waals surface area contributed by atoms with Crippen LogP contribution in [0.3, 0.4) is 0 Å². The van der Waals surface area contributed by atoms with Crippen molar-refractivity contribution in [2.75, 3.05) is 11.9 Å². The van der Waals surface area contributed by atoms with E-state index in [0.29, 0.717) is 10.8 Å². The molecule has 0 amide bonds. The summed E-state index contributed by atoms with van der Waals surface area (Å²) in [5.41, 5.74) is -0.0518. The normalized spacial score (nSPS) is 10.4. The molecule has 0 fully saturated rings. The van der Waals surface area contributed by atoms with Crippen molar-refractivity contribution in [1.82, 2.24) is 4.98 Å². The molecule has 0 unspecified atom stereocenters. The van der Waals surface area contributed by atoms with Gasteiger partial charge in [-0.25, -0.2) is 4.98 Å². The number of nitrogens with one attached hydrogen (secondary N) is 1. The highest BCUT2D eigenvalue weighted by atomic mass is 35.5. The van der Waals surface area contributed by atoms with Crippen molar-refractivity contribution < 1.29 is 9.66 Å². The molecular formula is C13H14ClN3O3S. The maximum Gasteiger partial charge on any atom is 0.273 e. The summed E-state index contributed by atoms with van der Waals surface area (Å²) in [6, 6.07) is 4.12. The zero-order chi connectivity index (χ0) is 15.2. The molecule has 0 bridgehead atoms. The van der Waals surface area contributed by atoms with Gasteiger partial charge < -0.3 is 10.1 Å². The summed E-state index contributed by atoms with van der Waals surface area (Å²) in [7, 11) is 0.